The molecule has 8 heterocycles. The maximum atomic E-state index is 11.2. The van der Waals surface area contributed by atoms with E-state index in [1.807, 2.05) is 48.5 Å². The molecule has 6 N–H and O–H groups in total. The highest BCUT2D eigenvalue weighted by Crippen LogP contribution is 2.43. The van der Waals surface area contributed by atoms with Crippen molar-refractivity contribution in [2.24, 2.45) is 23.7 Å². The van der Waals surface area contributed by atoms with Gasteiger partial charge in [-0.25, -0.2) is 0 Å². The van der Waals surface area contributed by atoms with E-state index >= 15 is 0 Å². The number of hydrogen-bond acceptors (Lipinski definition) is 10. The first-order chi connectivity index (χ1) is 25.4. The zero-order valence-electron chi connectivity index (χ0n) is 30.7. The molecule has 6 saturated heterocycles. The van der Waals surface area contributed by atoms with E-state index in [0.717, 1.165) is 83.5 Å². The van der Waals surface area contributed by atoms with Crippen molar-refractivity contribution in [2.75, 3.05) is 40.4 Å². The number of pyridine rings is 2. The molecule has 4 bridgehead atoms. The van der Waals surface area contributed by atoms with Crippen LogP contribution in [-0.4, -0.2) is 105 Å². The summed E-state index contributed by atoms with van der Waals surface area (Å²) in [5.41, 5.74) is 3.69. The second kappa shape index (κ2) is 17.6. The number of hydrogen-bond donors (Lipinski definition) is 4. The number of benzene rings is 2. The van der Waals surface area contributed by atoms with Gasteiger partial charge in [0.1, 0.15) is 11.5 Å². The van der Waals surface area contributed by atoms with Crippen LogP contribution in [0.2, 0.25) is 0 Å². The third-order valence-corrected chi connectivity index (χ3v) is 11.6. The number of rotatable bonds is 8. The van der Waals surface area contributed by atoms with Crippen LogP contribution in [-0.2, 0) is 10.4 Å². The predicted octanol–water partition coefficient (Wildman–Crippen LogP) is 4.87. The van der Waals surface area contributed by atoms with Crippen LogP contribution in [0.15, 0.2) is 86.2 Å². The molecule has 0 saturated carbocycles. The molecule has 10 atom stereocenters. The number of methoxy groups -OCH3 is 2. The van der Waals surface area contributed by atoms with E-state index < -0.39 is 22.6 Å². The van der Waals surface area contributed by atoms with Crippen molar-refractivity contribution in [1.29, 1.82) is 0 Å². The van der Waals surface area contributed by atoms with Gasteiger partial charge in [-0.05, 0) is 122 Å². The van der Waals surface area contributed by atoms with Gasteiger partial charge in [0.2, 0.25) is 0 Å². The molecule has 0 amide bonds. The van der Waals surface area contributed by atoms with Crippen molar-refractivity contribution in [2.45, 2.75) is 50.0 Å². The quantitative estimate of drug-likeness (QED) is 0.141. The molecule has 2 unspecified atom stereocenters. The molecule has 0 radical (unpaired) electrons. The minimum absolute atomic E-state index is 0. The first-order valence-electron chi connectivity index (χ1n) is 18.1. The smallest absolute Gasteiger partial charge is 0.394 e. The Hall–Kier alpha value is -3.99. The standard InChI is InChI=1S/2C20H24N2O2.H2O4S.H2O/c2*1-3-13-12-22-9-7-14(13)10-19(22)20(23)16-6-8-21-18-5-4-15(24-2)11-17(16)18;1-5(2,3)4;/h2*3-6,8,11,13-14,19-20,23H,1,7,9-10,12H2,2H3;(H2,1,2,3,4);1H2/t2*13-,14-,19+,20-;;/m00../s1. The Labute approximate surface area is 316 Å². The van der Waals surface area contributed by atoms with Crippen LogP contribution < -0.4 is 9.47 Å². The zero-order valence-corrected chi connectivity index (χ0v) is 31.6. The first kappa shape index (κ1) is 41.2. The average molecular weight is 765 g/mol. The number of aliphatic hydroxyl groups excluding tert-OH is 2. The normalized spacial score (nSPS) is 28.0. The van der Waals surface area contributed by atoms with Gasteiger partial charge in [-0.3, -0.25) is 28.9 Å². The fourth-order valence-corrected chi connectivity index (χ4v) is 8.89. The van der Waals surface area contributed by atoms with Crippen LogP contribution >= 0.6 is 0 Å². The molecule has 6 aliphatic rings. The number of aliphatic hydroxyl groups is 2. The van der Waals surface area contributed by atoms with Gasteiger partial charge in [0.25, 0.3) is 0 Å². The summed E-state index contributed by atoms with van der Waals surface area (Å²) in [6.07, 6.45) is 11.2. The van der Waals surface area contributed by atoms with Gasteiger partial charge in [0, 0.05) is 48.3 Å². The molecule has 292 valence electrons. The van der Waals surface area contributed by atoms with Crippen LogP contribution in [0.25, 0.3) is 21.8 Å². The predicted molar refractivity (Wildman–Crippen MR) is 208 cm³/mol. The van der Waals surface area contributed by atoms with Gasteiger partial charge in [0.15, 0.2) is 0 Å². The van der Waals surface area contributed by atoms with Gasteiger partial charge in [-0.2, -0.15) is 8.42 Å². The van der Waals surface area contributed by atoms with E-state index in [1.165, 1.54) is 12.8 Å². The molecule has 0 aliphatic carbocycles. The molecule has 2 aromatic carbocycles. The van der Waals surface area contributed by atoms with Crippen LogP contribution in [0.3, 0.4) is 0 Å². The highest BCUT2D eigenvalue weighted by Gasteiger charge is 2.43. The van der Waals surface area contributed by atoms with Gasteiger partial charge in [-0.15, -0.1) is 13.2 Å². The maximum Gasteiger partial charge on any atom is 0.394 e. The Bertz CT molecular complexity index is 1890. The van der Waals surface area contributed by atoms with Crippen molar-refractivity contribution in [3.63, 3.8) is 0 Å². The molecule has 14 heteroatoms. The van der Waals surface area contributed by atoms with Crippen molar-refractivity contribution in [3.8, 4) is 11.5 Å². The van der Waals surface area contributed by atoms with E-state index in [2.05, 4.69) is 45.1 Å². The van der Waals surface area contributed by atoms with E-state index in [9.17, 15) is 10.2 Å². The summed E-state index contributed by atoms with van der Waals surface area (Å²) in [7, 11) is -1.34. The van der Waals surface area contributed by atoms with Gasteiger partial charge in [0.05, 0.1) is 37.5 Å². The lowest BCUT2D eigenvalue weighted by Gasteiger charge is -2.50. The number of fused-ring (bicyclic) bond motifs is 8. The largest absolute Gasteiger partial charge is 0.497 e. The Kier molecular flexibility index (Phi) is 13.5. The number of aromatic nitrogens is 2. The van der Waals surface area contributed by atoms with Crippen LogP contribution in [0.1, 0.15) is 49.0 Å². The maximum absolute atomic E-state index is 11.2. The number of nitrogens with zero attached hydrogens (tertiary/aromatic N) is 4. The van der Waals surface area contributed by atoms with Crippen LogP contribution in [0.4, 0.5) is 0 Å². The number of piperidine rings is 6. The van der Waals surface area contributed by atoms with E-state index in [-0.39, 0.29) is 17.6 Å². The third-order valence-electron chi connectivity index (χ3n) is 11.6. The van der Waals surface area contributed by atoms with Crippen LogP contribution in [0, 0.1) is 23.7 Å². The van der Waals surface area contributed by atoms with Crippen molar-refractivity contribution < 1.29 is 42.7 Å². The van der Waals surface area contributed by atoms with Crippen molar-refractivity contribution >= 4 is 32.2 Å². The number of ether oxygens (including phenoxy) is 2. The summed E-state index contributed by atoms with van der Waals surface area (Å²) in [5, 5.41) is 24.3. The lowest BCUT2D eigenvalue weighted by atomic mass is 9.73. The molecule has 13 nitrogen and oxygen atoms in total. The van der Waals surface area contributed by atoms with E-state index in [4.69, 9.17) is 27.0 Å². The Balaban J connectivity index is 0.000000182. The minimum Gasteiger partial charge on any atom is -0.497 e. The fraction of sp³-hybridized carbons (Fsp3) is 0.450. The molecular formula is C40H52N4O9S. The Morgan fingerprint density at radius 1 is 0.741 bits per heavy atom. The molecule has 4 aromatic rings. The van der Waals surface area contributed by atoms with Gasteiger partial charge in [-0.1, -0.05) is 12.2 Å². The summed E-state index contributed by atoms with van der Waals surface area (Å²) < 4.78 is 42.3. The summed E-state index contributed by atoms with van der Waals surface area (Å²) in [6.45, 7) is 12.1. The molecule has 54 heavy (non-hydrogen) atoms. The summed E-state index contributed by atoms with van der Waals surface area (Å²) in [5.74, 6) is 4.01. The lowest BCUT2D eigenvalue weighted by Crippen LogP contribution is -2.54. The molecular weight excluding hydrogens is 713 g/mol. The second-order valence-corrected chi connectivity index (χ2v) is 15.3. The molecule has 0 spiro atoms. The van der Waals surface area contributed by atoms with Crippen molar-refractivity contribution in [3.05, 3.63) is 97.4 Å². The van der Waals surface area contributed by atoms with E-state index in [1.54, 1.807) is 26.6 Å². The van der Waals surface area contributed by atoms with Gasteiger partial charge >= 0.3 is 10.4 Å². The lowest BCUT2D eigenvalue weighted by molar-refractivity contribution is -0.0445. The third kappa shape index (κ3) is 9.09. The Morgan fingerprint density at radius 2 is 1.13 bits per heavy atom. The zero-order chi connectivity index (χ0) is 37.9. The summed E-state index contributed by atoms with van der Waals surface area (Å²) in [4.78, 5) is 13.7. The highest BCUT2D eigenvalue weighted by molar-refractivity contribution is 7.79. The fourth-order valence-electron chi connectivity index (χ4n) is 8.89. The molecule has 2 aromatic heterocycles. The Morgan fingerprint density at radius 3 is 1.44 bits per heavy atom. The van der Waals surface area contributed by atoms with Crippen molar-refractivity contribution in [1.82, 2.24) is 19.8 Å². The average Bonchev–Trinajstić information content (AvgIpc) is 3.19. The highest BCUT2D eigenvalue weighted by atomic mass is 32.3. The summed E-state index contributed by atoms with van der Waals surface area (Å²) >= 11 is 0. The molecule has 10 rings (SSSR count). The van der Waals surface area contributed by atoms with E-state index in [0.29, 0.717) is 23.7 Å². The minimum atomic E-state index is -4.67. The van der Waals surface area contributed by atoms with Gasteiger partial charge < -0.3 is 25.2 Å². The molecule has 6 aliphatic heterocycles. The monoisotopic (exact) mass is 764 g/mol. The SMILES string of the molecule is C=C[C@H]1CN2CC[C@H]1C[C@@H]2[C@@H](O)c1ccnc2ccc(OC)cc12.C=C[C@H]1CN2CC[C@H]1C[C@@H]2[C@@H](O)c1ccnc2ccc(OC)cc12.O.O=S(=O)(O)O. The first-order valence-corrected chi connectivity index (χ1v) is 19.5. The summed E-state index contributed by atoms with van der Waals surface area (Å²) in [6, 6.07) is 15.9. The topological polar surface area (TPSA) is 197 Å². The van der Waals surface area contributed by atoms with Crippen LogP contribution in [0.5, 0.6) is 11.5 Å². The second-order valence-electron chi connectivity index (χ2n) is 14.4. The molecule has 6 fully saturated rings.